The predicted octanol–water partition coefficient (Wildman–Crippen LogP) is 3.47. The number of hydrogen-bond donors (Lipinski definition) is 3. The maximum Gasteiger partial charge on any atom is 0.274 e. The van der Waals surface area contributed by atoms with Crippen molar-refractivity contribution < 1.29 is 19.6 Å². The standard InChI is InChI=1S/C22H22N2O4/c25-22(19-9-5-2-6-10-19)24-28-21(23-26)15-17-11-13-20(14-12-17)27-16-18-7-3-1-4-8-18/h1-14,21,23,26H,15-16H2,(H,24,25)/t21-/m0/s1. The zero-order chi connectivity index (χ0) is 19.6. The van der Waals surface area contributed by atoms with Gasteiger partial charge in [0.15, 0.2) is 6.23 Å². The number of carbonyl (C=O) groups excluding carboxylic acids is 1. The minimum atomic E-state index is -0.788. The molecule has 0 fully saturated rings. The number of nitrogens with one attached hydrogen (secondary N) is 2. The van der Waals surface area contributed by atoms with E-state index >= 15 is 0 Å². The zero-order valence-electron chi connectivity index (χ0n) is 15.2. The Hall–Kier alpha value is -3.19. The SMILES string of the molecule is O=C(NO[C@@H](Cc1ccc(OCc2ccccc2)cc1)NO)c1ccccc1. The average Bonchev–Trinajstić information content (AvgIpc) is 2.77. The molecule has 28 heavy (non-hydrogen) atoms. The van der Waals surface area contributed by atoms with Gasteiger partial charge in [-0.2, -0.15) is 5.48 Å². The summed E-state index contributed by atoms with van der Waals surface area (Å²) >= 11 is 0. The molecule has 0 aliphatic heterocycles. The second-order valence-corrected chi connectivity index (χ2v) is 6.16. The Kier molecular flexibility index (Phi) is 7.14. The van der Waals surface area contributed by atoms with Crippen LogP contribution in [0.1, 0.15) is 21.5 Å². The average molecular weight is 378 g/mol. The Morgan fingerprint density at radius 3 is 2.14 bits per heavy atom. The third kappa shape index (κ3) is 5.92. The van der Waals surface area contributed by atoms with Gasteiger partial charge < -0.3 is 9.94 Å². The molecule has 144 valence electrons. The molecule has 1 amide bonds. The Morgan fingerprint density at radius 1 is 0.857 bits per heavy atom. The molecule has 0 aliphatic rings. The van der Waals surface area contributed by atoms with Crippen molar-refractivity contribution >= 4 is 5.91 Å². The number of benzene rings is 3. The lowest BCUT2D eigenvalue weighted by atomic mass is 10.1. The van der Waals surface area contributed by atoms with Crippen molar-refractivity contribution in [1.29, 1.82) is 0 Å². The normalized spacial score (nSPS) is 11.6. The topological polar surface area (TPSA) is 79.8 Å². The summed E-state index contributed by atoms with van der Waals surface area (Å²) in [6, 6.07) is 26.1. The number of hydrogen-bond acceptors (Lipinski definition) is 5. The van der Waals surface area contributed by atoms with Crippen LogP contribution >= 0.6 is 0 Å². The van der Waals surface area contributed by atoms with Gasteiger partial charge in [-0.15, -0.1) is 0 Å². The Morgan fingerprint density at radius 2 is 1.50 bits per heavy atom. The minimum absolute atomic E-state index is 0.352. The van der Waals surface area contributed by atoms with E-state index in [-0.39, 0.29) is 5.91 Å². The number of rotatable bonds is 9. The molecule has 0 aliphatic carbocycles. The van der Waals surface area contributed by atoms with Gasteiger partial charge in [-0.05, 0) is 35.4 Å². The fourth-order valence-electron chi connectivity index (χ4n) is 2.56. The molecule has 0 saturated heterocycles. The lowest BCUT2D eigenvalue weighted by molar-refractivity contribution is -0.0872. The summed E-state index contributed by atoms with van der Waals surface area (Å²) in [6.07, 6.45) is -0.436. The van der Waals surface area contributed by atoms with Crippen LogP contribution < -0.4 is 15.7 Å². The van der Waals surface area contributed by atoms with Crippen molar-refractivity contribution in [2.75, 3.05) is 0 Å². The van der Waals surface area contributed by atoms with Gasteiger partial charge in [0.05, 0.1) is 0 Å². The van der Waals surface area contributed by atoms with Gasteiger partial charge in [0, 0.05) is 12.0 Å². The molecule has 3 rings (SSSR count). The molecule has 0 heterocycles. The molecular weight excluding hydrogens is 356 g/mol. The summed E-state index contributed by atoms with van der Waals surface area (Å²) < 4.78 is 5.75. The molecule has 0 bridgehead atoms. The molecule has 0 aromatic heterocycles. The number of carbonyl (C=O) groups is 1. The molecule has 0 spiro atoms. The van der Waals surface area contributed by atoms with Crippen molar-refractivity contribution in [3.05, 3.63) is 102 Å². The van der Waals surface area contributed by atoms with Gasteiger partial charge in [-0.1, -0.05) is 60.7 Å². The molecule has 0 unspecified atom stereocenters. The van der Waals surface area contributed by atoms with E-state index in [1.807, 2.05) is 60.7 Å². The van der Waals surface area contributed by atoms with Crippen LogP contribution in [-0.4, -0.2) is 17.3 Å². The van der Waals surface area contributed by atoms with Gasteiger partial charge in [0.2, 0.25) is 0 Å². The highest BCUT2D eigenvalue weighted by atomic mass is 16.7. The van der Waals surface area contributed by atoms with Crippen LogP contribution in [0, 0.1) is 0 Å². The first-order chi connectivity index (χ1) is 13.7. The largest absolute Gasteiger partial charge is 0.489 e. The van der Waals surface area contributed by atoms with E-state index in [0.717, 1.165) is 16.9 Å². The summed E-state index contributed by atoms with van der Waals surface area (Å²) in [7, 11) is 0. The van der Waals surface area contributed by atoms with Gasteiger partial charge in [-0.25, -0.2) is 5.48 Å². The maximum absolute atomic E-state index is 12.0. The monoisotopic (exact) mass is 378 g/mol. The van der Waals surface area contributed by atoms with E-state index in [1.165, 1.54) is 0 Å². The highest BCUT2D eigenvalue weighted by Crippen LogP contribution is 2.15. The van der Waals surface area contributed by atoms with Crippen molar-refractivity contribution in [3.63, 3.8) is 0 Å². The van der Waals surface area contributed by atoms with Crippen molar-refractivity contribution in [2.24, 2.45) is 0 Å². The molecular formula is C22H22N2O4. The molecule has 1 atom stereocenters. The second-order valence-electron chi connectivity index (χ2n) is 6.16. The van der Waals surface area contributed by atoms with Gasteiger partial charge in [-0.3, -0.25) is 9.63 Å². The van der Waals surface area contributed by atoms with Gasteiger partial charge in [0.25, 0.3) is 5.91 Å². The van der Waals surface area contributed by atoms with Crippen LogP contribution in [0.4, 0.5) is 0 Å². The van der Waals surface area contributed by atoms with Crippen molar-refractivity contribution in [3.8, 4) is 5.75 Å². The van der Waals surface area contributed by atoms with Crippen LogP contribution in [0.15, 0.2) is 84.9 Å². The third-order valence-electron chi connectivity index (χ3n) is 4.07. The molecule has 3 aromatic carbocycles. The van der Waals surface area contributed by atoms with E-state index in [2.05, 4.69) is 11.0 Å². The molecule has 6 heteroatoms. The fourth-order valence-corrected chi connectivity index (χ4v) is 2.56. The quantitative estimate of drug-likeness (QED) is 0.392. The second kappa shape index (κ2) is 10.2. The molecule has 3 aromatic rings. The lowest BCUT2D eigenvalue weighted by Gasteiger charge is -2.16. The minimum Gasteiger partial charge on any atom is -0.489 e. The molecule has 0 radical (unpaired) electrons. The van der Waals surface area contributed by atoms with E-state index in [4.69, 9.17) is 9.57 Å². The number of amides is 1. The maximum atomic E-state index is 12.0. The zero-order valence-corrected chi connectivity index (χ0v) is 15.2. The molecule has 6 nitrogen and oxygen atoms in total. The Balaban J connectivity index is 1.48. The highest BCUT2D eigenvalue weighted by molar-refractivity contribution is 5.93. The fraction of sp³-hybridized carbons (Fsp3) is 0.136. The number of ether oxygens (including phenoxy) is 1. The summed E-state index contributed by atoms with van der Waals surface area (Å²) in [6.45, 7) is 0.496. The first-order valence-corrected chi connectivity index (χ1v) is 8.91. The summed E-state index contributed by atoms with van der Waals surface area (Å²) in [5.41, 5.74) is 6.86. The summed E-state index contributed by atoms with van der Waals surface area (Å²) in [5.74, 6) is 0.366. The molecule has 3 N–H and O–H groups in total. The first kappa shape index (κ1) is 19.6. The first-order valence-electron chi connectivity index (χ1n) is 8.91. The lowest BCUT2D eigenvalue weighted by Crippen LogP contribution is -2.38. The van der Waals surface area contributed by atoms with E-state index in [1.54, 1.807) is 24.3 Å². The van der Waals surface area contributed by atoms with Crippen LogP contribution in [0.25, 0.3) is 0 Å². The molecule has 0 saturated carbocycles. The predicted molar refractivity (Wildman–Crippen MR) is 105 cm³/mol. The van der Waals surface area contributed by atoms with Gasteiger partial charge in [0.1, 0.15) is 12.4 Å². The summed E-state index contributed by atoms with van der Waals surface area (Å²) in [5, 5.41) is 9.28. The van der Waals surface area contributed by atoms with Crippen molar-refractivity contribution in [2.45, 2.75) is 19.3 Å². The smallest absolute Gasteiger partial charge is 0.274 e. The summed E-state index contributed by atoms with van der Waals surface area (Å²) in [4.78, 5) is 17.2. The Labute approximate surface area is 163 Å². The van der Waals surface area contributed by atoms with Gasteiger partial charge >= 0.3 is 0 Å². The van der Waals surface area contributed by atoms with Crippen LogP contribution in [0.2, 0.25) is 0 Å². The van der Waals surface area contributed by atoms with Crippen molar-refractivity contribution in [1.82, 2.24) is 11.0 Å². The van der Waals surface area contributed by atoms with Crippen LogP contribution in [-0.2, 0) is 17.9 Å². The third-order valence-corrected chi connectivity index (χ3v) is 4.07. The Bertz CT molecular complexity index is 855. The van der Waals surface area contributed by atoms with Crippen LogP contribution in [0.5, 0.6) is 5.75 Å². The van der Waals surface area contributed by atoms with E-state index in [0.29, 0.717) is 18.6 Å². The highest BCUT2D eigenvalue weighted by Gasteiger charge is 2.12. The van der Waals surface area contributed by atoms with E-state index in [9.17, 15) is 10.0 Å². The van der Waals surface area contributed by atoms with Crippen LogP contribution in [0.3, 0.4) is 0 Å². The number of hydroxylamine groups is 2. The van der Waals surface area contributed by atoms with E-state index < -0.39 is 6.23 Å².